The van der Waals surface area contributed by atoms with E-state index in [9.17, 15) is 26.3 Å². The highest BCUT2D eigenvalue weighted by atomic mass is 19.4. The lowest BCUT2D eigenvalue weighted by molar-refractivity contribution is -0.138. The topological polar surface area (TPSA) is 141 Å². The van der Waals surface area contributed by atoms with Crippen molar-refractivity contribution in [2.75, 3.05) is 24.7 Å². The fourth-order valence-electron chi connectivity index (χ4n) is 5.31. The van der Waals surface area contributed by atoms with Gasteiger partial charge in [-0.2, -0.15) is 31.6 Å². The minimum absolute atomic E-state index is 0.193. The summed E-state index contributed by atoms with van der Waals surface area (Å²) >= 11 is 0. The van der Waals surface area contributed by atoms with Gasteiger partial charge in [0.1, 0.15) is 0 Å². The average Bonchev–Trinajstić information content (AvgIpc) is 3.84. The zero-order chi connectivity index (χ0) is 42.3. The number of nitriles is 1. The van der Waals surface area contributed by atoms with Gasteiger partial charge in [0.05, 0.1) is 39.2 Å². The van der Waals surface area contributed by atoms with E-state index in [0.29, 0.717) is 64.4 Å². The lowest BCUT2D eigenvalue weighted by atomic mass is 9.99. The van der Waals surface area contributed by atoms with E-state index in [0.717, 1.165) is 24.3 Å². The Hall–Kier alpha value is -6.41. The molecule has 0 saturated heterocycles. The van der Waals surface area contributed by atoms with Crippen molar-refractivity contribution in [2.24, 2.45) is 0 Å². The minimum Gasteiger partial charge on any atom is -0.421 e. The second-order valence-electron chi connectivity index (χ2n) is 14.5. The van der Waals surface area contributed by atoms with Crippen molar-refractivity contribution in [1.29, 1.82) is 5.26 Å². The Labute approximate surface area is 331 Å². The van der Waals surface area contributed by atoms with Gasteiger partial charge in [0.15, 0.2) is 6.19 Å². The molecular weight excluding hydrogens is 764 g/mol. The second-order valence-corrected chi connectivity index (χ2v) is 14.5. The van der Waals surface area contributed by atoms with E-state index in [4.69, 9.17) is 14.1 Å². The smallest absolute Gasteiger partial charge is 0.416 e. The monoisotopic (exact) mass is 805 g/mol. The molecule has 0 fully saturated rings. The van der Waals surface area contributed by atoms with Crippen LogP contribution in [-0.2, 0) is 25.2 Å². The predicted molar refractivity (Wildman–Crippen MR) is 207 cm³/mol. The van der Waals surface area contributed by atoms with Gasteiger partial charge in [-0.05, 0) is 108 Å². The molecule has 6 rings (SSSR count). The molecule has 17 heteroatoms. The van der Waals surface area contributed by atoms with Crippen molar-refractivity contribution in [1.82, 2.24) is 30.6 Å². The van der Waals surface area contributed by atoms with Crippen LogP contribution in [0.15, 0.2) is 106 Å². The molecule has 0 saturated carbocycles. The van der Waals surface area contributed by atoms with Crippen molar-refractivity contribution < 1.29 is 35.2 Å². The van der Waals surface area contributed by atoms with Crippen molar-refractivity contribution in [3.05, 3.63) is 120 Å². The maximum absolute atomic E-state index is 12.8. The normalized spacial score (nSPS) is 12.0. The van der Waals surface area contributed by atoms with E-state index >= 15 is 0 Å². The molecule has 6 aromatic rings. The van der Waals surface area contributed by atoms with E-state index < -0.39 is 29.0 Å². The summed E-state index contributed by atoms with van der Waals surface area (Å²) in [5.41, 5.74) is 1.46. The maximum Gasteiger partial charge on any atom is 0.416 e. The quantitative estimate of drug-likeness (QED) is 0.0618. The minimum atomic E-state index is -4.38. The summed E-state index contributed by atoms with van der Waals surface area (Å²) in [5.74, 6) is 1.49. The fraction of sp³-hybridized carbons (Fsp3) is 0.293. The summed E-state index contributed by atoms with van der Waals surface area (Å²) in [4.78, 5) is 1.51. The SMILES string of the molecule is CN(C#N)C(C)(C)Cc1nnc(-c2ccccc2Nc2ccc(C(F)(F)F)cc2)o1.CNC(C)(C)Cc1nnc(-c2ccccc2Nc2ccc(C(F)(F)F)cc2)o1. The Morgan fingerprint density at radius 3 is 1.38 bits per heavy atom. The van der Waals surface area contributed by atoms with E-state index in [1.807, 2.05) is 52.9 Å². The van der Waals surface area contributed by atoms with Gasteiger partial charge in [-0.3, -0.25) is 0 Å². The molecule has 0 unspecified atom stereocenters. The highest BCUT2D eigenvalue weighted by molar-refractivity contribution is 5.77. The first kappa shape index (κ1) is 42.7. The summed E-state index contributed by atoms with van der Waals surface area (Å²) in [6.07, 6.45) is -5.74. The van der Waals surface area contributed by atoms with Crippen LogP contribution in [-0.4, -0.2) is 50.5 Å². The van der Waals surface area contributed by atoms with Gasteiger partial charge in [0.2, 0.25) is 23.6 Å². The zero-order valence-electron chi connectivity index (χ0n) is 32.4. The van der Waals surface area contributed by atoms with Crippen molar-refractivity contribution in [3.63, 3.8) is 0 Å². The molecule has 304 valence electrons. The predicted octanol–water partition coefficient (Wildman–Crippen LogP) is 10.3. The number of anilines is 4. The van der Waals surface area contributed by atoms with Gasteiger partial charge in [-0.25, -0.2) is 0 Å². The number of rotatable bonds is 12. The van der Waals surface area contributed by atoms with Gasteiger partial charge in [0, 0.05) is 36.8 Å². The molecule has 0 atom stereocenters. The molecule has 0 bridgehead atoms. The first-order chi connectivity index (χ1) is 27.3. The summed E-state index contributed by atoms with van der Waals surface area (Å²) in [5, 5.41) is 34.9. The van der Waals surface area contributed by atoms with Crippen LogP contribution in [0.4, 0.5) is 49.1 Å². The fourth-order valence-corrected chi connectivity index (χ4v) is 5.31. The number of hydrogen-bond donors (Lipinski definition) is 3. The highest BCUT2D eigenvalue weighted by Gasteiger charge is 2.31. The van der Waals surface area contributed by atoms with Gasteiger partial charge in [0.25, 0.3) is 0 Å². The third kappa shape index (κ3) is 11.1. The second kappa shape index (κ2) is 17.4. The number of alkyl halides is 6. The van der Waals surface area contributed by atoms with E-state index in [1.165, 1.54) is 29.2 Å². The lowest BCUT2D eigenvalue weighted by Crippen LogP contribution is -2.39. The Morgan fingerprint density at radius 1 is 0.603 bits per heavy atom. The Kier molecular flexibility index (Phi) is 12.8. The molecule has 58 heavy (non-hydrogen) atoms. The van der Waals surface area contributed by atoms with Gasteiger partial charge in [-0.15, -0.1) is 20.4 Å². The number of halogens is 6. The maximum atomic E-state index is 12.8. The molecule has 3 N–H and O–H groups in total. The third-order valence-electron chi connectivity index (χ3n) is 9.14. The van der Waals surface area contributed by atoms with Crippen molar-refractivity contribution >= 4 is 22.7 Å². The largest absolute Gasteiger partial charge is 0.421 e. The number of nitrogens with zero attached hydrogens (tertiary/aromatic N) is 6. The first-order valence-corrected chi connectivity index (χ1v) is 17.8. The summed E-state index contributed by atoms with van der Waals surface area (Å²) in [6, 6.07) is 24.0. The molecule has 4 aromatic carbocycles. The highest BCUT2D eigenvalue weighted by Crippen LogP contribution is 2.35. The van der Waals surface area contributed by atoms with Crippen molar-refractivity contribution in [3.8, 4) is 29.1 Å². The van der Waals surface area contributed by atoms with Gasteiger partial charge in [-0.1, -0.05) is 24.3 Å². The van der Waals surface area contributed by atoms with Gasteiger partial charge >= 0.3 is 12.4 Å². The Morgan fingerprint density at radius 2 is 1.00 bits per heavy atom. The first-order valence-electron chi connectivity index (χ1n) is 17.8. The molecule has 0 aliphatic rings. The van der Waals surface area contributed by atoms with E-state index in [2.05, 4.69) is 42.5 Å². The summed E-state index contributed by atoms with van der Waals surface area (Å²) < 4.78 is 88.0. The van der Waals surface area contributed by atoms with Crippen LogP contribution in [0.5, 0.6) is 0 Å². The molecule has 0 spiro atoms. The van der Waals surface area contributed by atoms with Crippen LogP contribution >= 0.6 is 0 Å². The van der Waals surface area contributed by atoms with Crippen LogP contribution in [0, 0.1) is 11.5 Å². The Balaban J connectivity index is 0.000000221. The van der Waals surface area contributed by atoms with Crippen LogP contribution < -0.4 is 16.0 Å². The average molecular weight is 806 g/mol. The number of benzene rings is 4. The molecule has 11 nitrogen and oxygen atoms in total. The standard InChI is InChI=1S/C21H20F3N5O.C20H21F3N4O/c1-20(2,29(3)13-25)12-18-27-28-19(30-18)16-6-4-5-7-17(16)26-15-10-8-14(9-11-15)21(22,23)24;1-19(2,24-3)12-17-26-27-18(28-17)15-6-4-5-7-16(15)25-14-10-8-13(9-11-14)20(21,22)23/h4-11,26H,12H2,1-3H3;4-11,24-25H,12H2,1-3H3. The van der Waals surface area contributed by atoms with Crippen LogP contribution in [0.3, 0.4) is 0 Å². The van der Waals surface area contributed by atoms with E-state index in [1.54, 1.807) is 37.4 Å². The summed E-state index contributed by atoms with van der Waals surface area (Å²) in [6.45, 7) is 7.83. The molecule has 2 heterocycles. The third-order valence-corrected chi connectivity index (χ3v) is 9.14. The molecule has 0 aliphatic carbocycles. The number of nitrogens with one attached hydrogen (secondary N) is 3. The van der Waals surface area contributed by atoms with Crippen LogP contribution in [0.1, 0.15) is 50.6 Å². The summed E-state index contributed by atoms with van der Waals surface area (Å²) in [7, 11) is 3.54. The van der Waals surface area contributed by atoms with E-state index in [-0.39, 0.29) is 11.4 Å². The molecule has 0 aliphatic heterocycles. The lowest BCUT2D eigenvalue weighted by Gasteiger charge is -2.29. The van der Waals surface area contributed by atoms with Crippen LogP contribution in [0.25, 0.3) is 22.9 Å². The zero-order valence-corrected chi connectivity index (χ0v) is 32.4. The molecule has 0 radical (unpaired) electrons. The molecular formula is C41H41F6N9O2. The molecule has 2 aromatic heterocycles. The molecule has 0 amide bonds. The number of para-hydroxylation sites is 2. The number of likely N-dealkylation sites (N-methyl/N-ethyl adjacent to an activating group) is 2. The number of hydrogen-bond acceptors (Lipinski definition) is 11. The van der Waals surface area contributed by atoms with Gasteiger partial charge < -0.3 is 29.7 Å². The Bertz CT molecular complexity index is 2310. The number of aromatic nitrogens is 4. The van der Waals surface area contributed by atoms with Crippen molar-refractivity contribution in [2.45, 2.75) is 64.0 Å². The van der Waals surface area contributed by atoms with Crippen LogP contribution in [0.2, 0.25) is 0 Å².